The van der Waals surface area contributed by atoms with Gasteiger partial charge in [-0.1, -0.05) is 63.4 Å². The highest BCUT2D eigenvalue weighted by Gasteiger charge is 2.42. The van der Waals surface area contributed by atoms with Crippen molar-refractivity contribution in [3.63, 3.8) is 0 Å². The fourth-order valence-corrected chi connectivity index (χ4v) is 9.74. The van der Waals surface area contributed by atoms with Gasteiger partial charge in [0.25, 0.3) is 11.8 Å². The number of morpholine rings is 1. The van der Waals surface area contributed by atoms with Crippen molar-refractivity contribution in [1.82, 2.24) is 25.0 Å². The molecule has 410 valence electrons. The van der Waals surface area contributed by atoms with Crippen LogP contribution in [0.3, 0.4) is 0 Å². The number of halogens is 6. The molecule has 2 saturated heterocycles. The molecule has 3 amide bonds. The second-order valence-corrected chi connectivity index (χ2v) is 19.7. The van der Waals surface area contributed by atoms with Gasteiger partial charge in [-0.25, -0.2) is 14.6 Å². The van der Waals surface area contributed by atoms with E-state index in [1.807, 2.05) is 16.3 Å². The van der Waals surface area contributed by atoms with Crippen LogP contribution >= 0.6 is 11.3 Å². The number of aromatic hydroxyl groups is 1. The number of ether oxygens (including phenoxy) is 3. The number of carbonyl (C=O) groups is 5. The van der Waals surface area contributed by atoms with Crippen LogP contribution in [0.4, 0.5) is 32.0 Å². The molecule has 3 fully saturated rings. The van der Waals surface area contributed by atoms with E-state index in [4.69, 9.17) is 34.0 Å². The fourth-order valence-electron chi connectivity index (χ4n) is 8.94. The molecule has 24 heteroatoms. The minimum Gasteiger partial charge on any atom is -0.506 e. The number of phenolic OH excluding ortho intramolecular Hbond substituents is 1. The van der Waals surface area contributed by atoms with Gasteiger partial charge in [0, 0.05) is 56.6 Å². The predicted octanol–water partition coefficient (Wildman–Crippen LogP) is 7.06. The molecular weight excluding hydrogens is 1010 g/mol. The van der Waals surface area contributed by atoms with Crippen molar-refractivity contribution in [1.29, 1.82) is 0 Å². The Morgan fingerprint density at radius 1 is 0.905 bits per heavy atom. The monoisotopic (exact) mass is 1070 g/mol. The number of rotatable bonds is 18. The van der Waals surface area contributed by atoms with E-state index in [9.17, 15) is 45.8 Å². The highest BCUT2D eigenvalue weighted by molar-refractivity contribution is 7.09. The van der Waals surface area contributed by atoms with Crippen molar-refractivity contribution in [2.75, 3.05) is 84.1 Å². The molecule has 0 radical (unpaired) electrons. The normalized spacial score (nSPS) is 17.0. The largest absolute Gasteiger partial charge is 0.506 e. The zero-order chi connectivity index (χ0) is 54.1. The lowest BCUT2D eigenvalue weighted by Crippen LogP contribution is -2.58. The van der Waals surface area contributed by atoms with Gasteiger partial charge in [0.15, 0.2) is 12.4 Å². The Balaban J connectivity index is 0.000000636. The van der Waals surface area contributed by atoms with Gasteiger partial charge in [0.05, 0.1) is 43.4 Å². The van der Waals surface area contributed by atoms with Crippen molar-refractivity contribution in [3.8, 4) is 11.5 Å². The lowest BCUT2D eigenvalue weighted by Gasteiger charge is -2.47. The second-order valence-electron chi connectivity index (χ2n) is 18.8. The summed E-state index contributed by atoms with van der Waals surface area (Å²) in [6, 6.07) is 12.5. The van der Waals surface area contributed by atoms with Crippen LogP contribution in [-0.2, 0) is 47.9 Å². The molecule has 2 aromatic carbocycles. The summed E-state index contributed by atoms with van der Waals surface area (Å²) >= 11 is 1.57. The molecule has 17 nitrogen and oxygen atoms in total. The number of thiazole rings is 1. The summed E-state index contributed by atoms with van der Waals surface area (Å²) in [5, 5.41) is 33.5. The number of anilines is 1. The van der Waals surface area contributed by atoms with Gasteiger partial charge in [0.2, 0.25) is 5.91 Å². The molecule has 0 bridgehead atoms. The summed E-state index contributed by atoms with van der Waals surface area (Å²) in [5.74, 6) is -4.76. The fraction of sp³-hybridized carbons (Fsp3) is 0.600. The van der Waals surface area contributed by atoms with Crippen LogP contribution in [0.25, 0.3) is 0 Å². The van der Waals surface area contributed by atoms with E-state index in [-0.39, 0.29) is 41.7 Å². The number of hydrogen-bond donors (Lipinski definition) is 5. The molecule has 1 aromatic heterocycles. The maximum absolute atomic E-state index is 13.5. The van der Waals surface area contributed by atoms with Crippen LogP contribution in [0.2, 0.25) is 0 Å². The van der Waals surface area contributed by atoms with Crippen LogP contribution in [0, 0.1) is 0 Å². The molecule has 1 aliphatic carbocycles. The van der Waals surface area contributed by atoms with Gasteiger partial charge in [-0.2, -0.15) is 26.3 Å². The van der Waals surface area contributed by atoms with E-state index in [1.165, 1.54) is 17.5 Å². The number of hydrogen-bond acceptors (Lipinski definition) is 13. The third kappa shape index (κ3) is 18.4. The van der Waals surface area contributed by atoms with Crippen molar-refractivity contribution < 1.29 is 79.8 Å². The quantitative estimate of drug-likeness (QED) is 0.0489. The lowest BCUT2D eigenvalue weighted by atomic mass is 9.89. The predicted molar refractivity (Wildman–Crippen MR) is 261 cm³/mol. The summed E-state index contributed by atoms with van der Waals surface area (Å²) in [7, 11) is 0. The number of likely N-dealkylation sites (tertiary alicyclic amines) is 1. The number of carbonyl (C=O) groups excluding carboxylic acids is 3. The van der Waals surface area contributed by atoms with Gasteiger partial charge in [-0.3, -0.25) is 14.4 Å². The van der Waals surface area contributed by atoms with Crippen LogP contribution < -0.4 is 15.4 Å². The number of carboxylic acids is 2. The molecular formula is C50H66F6N6O11S. The van der Waals surface area contributed by atoms with Crippen LogP contribution in [0.15, 0.2) is 41.8 Å². The van der Waals surface area contributed by atoms with Crippen molar-refractivity contribution >= 4 is 46.7 Å². The number of aliphatic carboxylic acids is 2. The molecule has 5 N–H and O–H groups in total. The number of nitrogens with zero attached hydrogens (tertiary/aromatic N) is 4. The zero-order valence-electron chi connectivity index (χ0n) is 41.5. The van der Waals surface area contributed by atoms with E-state index in [0.29, 0.717) is 88.4 Å². The number of nitrogens with one attached hydrogen (secondary N) is 2. The first-order valence-corrected chi connectivity index (χ1v) is 25.6. The number of alkyl halides is 6. The van der Waals surface area contributed by atoms with Crippen molar-refractivity contribution in [2.45, 2.75) is 114 Å². The van der Waals surface area contributed by atoms with Crippen molar-refractivity contribution in [2.24, 2.45) is 0 Å². The molecule has 1 saturated carbocycles. The number of fused-ring (bicyclic) bond motifs is 1. The molecule has 0 atom stereocenters. The van der Waals surface area contributed by atoms with Crippen molar-refractivity contribution in [3.05, 3.63) is 69.2 Å². The summed E-state index contributed by atoms with van der Waals surface area (Å²) < 4.78 is 81.4. The molecule has 7 rings (SSSR count). The van der Waals surface area contributed by atoms with E-state index < -0.39 is 24.3 Å². The van der Waals surface area contributed by atoms with Gasteiger partial charge < -0.3 is 54.9 Å². The zero-order valence-corrected chi connectivity index (χ0v) is 42.3. The average Bonchev–Trinajstić information content (AvgIpc) is 3.87. The lowest BCUT2D eigenvalue weighted by molar-refractivity contribution is -0.193. The third-order valence-electron chi connectivity index (χ3n) is 13.0. The minimum absolute atomic E-state index is 0.00270. The first kappa shape index (κ1) is 59.3. The van der Waals surface area contributed by atoms with Gasteiger partial charge in [-0.15, -0.1) is 11.3 Å². The highest BCUT2D eigenvalue weighted by Crippen LogP contribution is 2.39. The first-order valence-electron chi connectivity index (χ1n) is 24.7. The standard InChI is InChI=1S/C46H64N6O7S.2C2HF3O2/c1-33(2)44-48-38(31-60-44)45(56)51-26-29-59-46(32-51)18-23-50(24-19-46)22-15-34-8-10-35(11-9-34)16-27-57-28-17-41(55)52(37-6-4-3-5-7-37)25-21-47-20-14-36-12-13-39(53)42-43(36)58-30-40(54)49-42;2*3-2(4,5)1(6)7/h8-13,31,33,37,47,53H,3-7,14-30,32H2,1-2H3,(H,49,54);2*(H,6,7). The van der Waals surface area contributed by atoms with Crippen LogP contribution in [0.5, 0.6) is 11.5 Å². The Kier molecular flexibility index (Phi) is 22.3. The number of phenols is 1. The molecule has 4 aliphatic rings. The third-order valence-corrected chi connectivity index (χ3v) is 14.2. The topological polar surface area (TPSA) is 220 Å². The number of carboxylic acid groups (broad SMARTS) is 2. The van der Waals surface area contributed by atoms with E-state index in [1.54, 1.807) is 17.4 Å². The molecule has 74 heavy (non-hydrogen) atoms. The summed E-state index contributed by atoms with van der Waals surface area (Å²) in [6.07, 6.45) is 0.180. The maximum Gasteiger partial charge on any atom is 0.490 e. The SMILES string of the molecule is CC(C)c1nc(C(=O)N2CCOC3(CCN(CCc4ccc(CCOCCC(=O)N(CCNCCc5ccc(O)c6c5OCC(=O)N6)C5CCCCC5)cc4)CC3)C2)cs1.O=C(O)C(F)(F)F.O=C(O)C(F)(F)F. The first-order chi connectivity index (χ1) is 35.0. The molecule has 4 heterocycles. The highest BCUT2D eigenvalue weighted by atomic mass is 32.1. The Hall–Kier alpha value is -5.56. The number of aromatic nitrogens is 1. The van der Waals surface area contributed by atoms with Crippen LogP contribution in [-0.4, -0.2) is 167 Å². The van der Waals surface area contributed by atoms with E-state index in [2.05, 4.69) is 63.5 Å². The Labute approximate surface area is 429 Å². The molecule has 3 aromatic rings. The summed E-state index contributed by atoms with van der Waals surface area (Å²) in [4.78, 5) is 67.4. The number of amides is 3. The van der Waals surface area contributed by atoms with E-state index in [0.717, 1.165) is 81.6 Å². The Morgan fingerprint density at radius 2 is 1.54 bits per heavy atom. The van der Waals surface area contributed by atoms with Crippen LogP contribution in [0.1, 0.15) is 103 Å². The van der Waals surface area contributed by atoms with E-state index >= 15 is 0 Å². The number of piperidine rings is 1. The number of benzene rings is 2. The van der Waals surface area contributed by atoms with Gasteiger partial charge in [0.1, 0.15) is 17.1 Å². The van der Waals surface area contributed by atoms with Gasteiger partial charge in [-0.05, 0) is 74.2 Å². The molecule has 0 unspecified atom stereocenters. The summed E-state index contributed by atoms with van der Waals surface area (Å²) in [5.41, 5.74) is 4.11. The Morgan fingerprint density at radius 3 is 2.15 bits per heavy atom. The average molecular weight is 1070 g/mol. The molecule has 1 spiro atoms. The molecule has 3 aliphatic heterocycles. The van der Waals surface area contributed by atoms with Gasteiger partial charge >= 0.3 is 24.3 Å². The smallest absolute Gasteiger partial charge is 0.490 e. The maximum atomic E-state index is 13.5. The minimum atomic E-state index is -5.08. The summed E-state index contributed by atoms with van der Waals surface area (Å²) in [6.45, 7) is 11.9. The second kappa shape index (κ2) is 27.8. The Bertz CT molecular complexity index is 2300.